The summed E-state index contributed by atoms with van der Waals surface area (Å²) in [7, 11) is 0. The van der Waals surface area contributed by atoms with Crippen molar-refractivity contribution in [3.63, 3.8) is 0 Å². The van der Waals surface area contributed by atoms with E-state index in [1.165, 1.54) is 0 Å². The van der Waals surface area contributed by atoms with Crippen LogP contribution in [0.3, 0.4) is 0 Å². The number of pyridine rings is 1. The lowest BCUT2D eigenvalue weighted by Crippen LogP contribution is -2.36. The second-order valence-corrected chi connectivity index (χ2v) is 7.24. The first-order chi connectivity index (χ1) is 13.9. The predicted octanol–water partition coefficient (Wildman–Crippen LogP) is 3.65. The molecule has 1 aliphatic rings. The smallest absolute Gasteiger partial charge is 0.147 e. The van der Waals surface area contributed by atoms with Crippen molar-refractivity contribution in [1.82, 2.24) is 24.5 Å². The van der Waals surface area contributed by atoms with Crippen LogP contribution >= 0.6 is 0 Å². The van der Waals surface area contributed by atoms with Crippen LogP contribution < -0.4 is 4.90 Å². The van der Waals surface area contributed by atoms with E-state index in [-0.39, 0.29) is 0 Å². The highest BCUT2D eigenvalue weighted by molar-refractivity contribution is 5.75. The lowest BCUT2D eigenvalue weighted by Gasteiger charge is -2.33. The van der Waals surface area contributed by atoms with Crippen molar-refractivity contribution in [1.29, 1.82) is 0 Å². The van der Waals surface area contributed by atoms with Gasteiger partial charge in [0.15, 0.2) is 0 Å². The maximum Gasteiger partial charge on any atom is 0.147 e. The van der Waals surface area contributed by atoms with E-state index in [0.29, 0.717) is 5.92 Å². The fourth-order valence-corrected chi connectivity index (χ4v) is 3.98. The third-order valence-corrected chi connectivity index (χ3v) is 5.35. The van der Waals surface area contributed by atoms with E-state index in [0.717, 1.165) is 60.8 Å². The third-order valence-electron chi connectivity index (χ3n) is 5.35. The number of anilines is 1. The molecule has 6 nitrogen and oxygen atoms in total. The Morgan fingerprint density at radius 1 is 0.929 bits per heavy atom. The van der Waals surface area contributed by atoms with Crippen molar-refractivity contribution < 1.29 is 0 Å². The average molecular weight is 370 g/mol. The van der Waals surface area contributed by atoms with E-state index in [2.05, 4.69) is 36.7 Å². The number of benzene rings is 1. The molecule has 5 rings (SSSR count). The maximum absolute atomic E-state index is 4.83. The van der Waals surface area contributed by atoms with Crippen molar-refractivity contribution in [3.8, 4) is 0 Å². The number of hydrogen-bond donors (Lipinski definition) is 0. The Kier molecular flexibility index (Phi) is 4.45. The summed E-state index contributed by atoms with van der Waals surface area (Å²) in [5, 5.41) is 0. The van der Waals surface area contributed by atoms with Gasteiger partial charge < -0.3 is 9.47 Å². The lowest BCUT2D eigenvalue weighted by molar-refractivity contribution is 0.473. The van der Waals surface area contributed by atoms with Gasteiger partial charge in [-0.05, 0) is 37.1 Å². The molecule has 1 aromatic carbocycles. The number of aromatic nitrogens is 5. The van der Waals surface area contributed by atoms with Gasteiger partial charge in [-0.3, -0.25) is 9.97 Å². The summed E-state index contributed by atoms with van der Waals surface area (Å²) < 4.78 is 2.22. The summed E-state index contributed by atoms with van der Waals surface area (Å²) in [5.74, 6) is 2.45. The molecule has 1 atom stereocenters. The maximum atomic E-state index is 4.83. The molecule has 3 aromatic heterocycles. The summed E-state index contributed by atoms with van der Waals surface area (Å²) in [4.78, 5) is 20.9. The minimum Gasteiger partial charge on any atom is -0.355 e. The molecule has 0 amide bonds. The van der Waals surface area contributed by atoms with Gasteiger partial charge in [0, 0.05) is 37.6 Å². The molecule has 140 valence electrons. The first-order valence-electron chi connectivity index (χ1n) is 9.74. The molecule has 0 spiro atoms. The van der Waals surface area contributed by atoms with Crippen LogP contribution in [0.4, 0.5) is 5.82 Å². The summed E-state index contributed by atoms with van der Waals surface area (Å²) in [5.41, 5.74) is 2.93. The van der Waals surface area contributed by atoms with E-state index in [1.54, 1.807) is 0 Å². The molecule has 6 heteroatoms. The van der Waals surface area contributed by atoms with Gasteiger partial charge in [0.05, 0.1) is 29.5 Å². The van der Waals surface area contributed by atoms with Gasteiger partial charge >= 0.3 is 0 Å². The Balaban J connectivity index is 1.38. The number of hydrogen-bond acceptors (Lipinski definition) is 5. The van der Waals surface area contributed by atoms with Crippen LogP contribution in [0.25, 0.3) is 11.0 Å². The second kappa shape index (κ2) is 7.38. The number of nitrogens with zero attached hydrogens (tertiary/aromatic N) is 6. The molecular formula is C22H22N6. The second-order valence-electron chi connectivity index (χ2n) is 7.24. The topological polar surface area (TPSA) is 59.7 Å². The van der Waals surface area contributed by atoms with E-state index in [1.807, 2.05) is 55.0 Å². The molecule has 28 heavy (non-hydrogen) atoms. The van der Waals surface area contributed by atoms with Crippen molar-refractivity contribution in [3.05, 3.63) is 78.8 Å². The summed E-state index contributed by atoms with van der Waals surface area (Å²) >= 11 is 0. The molecule has 1 aliphatic heterocycles. The van der Waals surface area contributed by atoms with Gasteiger partial charge in [0.25, 0.3) is 0 Å². The molecule has 1 saturated heterocycles. The van der Waals surface area contributed by atoms with Crippen LogP contribution in [0.5, 0.6) is 0 Å². The van der Waals surface area contributed by atoms with Crippen molar-refractivity contribution >= 4 is 16.9 Å². The zero-order valence-corrected chi connectivity index (χ0v) is 15.6. The number of para-hydroxylation sites is 2. The molecule has 0 radical (unpaired) electrons. The van der Waals surface area contributed by atoms with Crippen LogP contribution in [0.2, 0.25) is 0 Å². The van der Waals surface area contributed by atoms with Crippen LogP contribution in [-0.4, -0.2) is 37.6 Å². The highest BCUT2D eigenvalue weighted by Crippen LogP contribution is 2.29. The minimum absolute atomic E-state index is 0.376. The Labute approximate surface area is 163 Å². The molecule has 1 fully saturated rings. The summed E-state index contributed by atoms with van der Waals surface area (Å²) in [6.07, 6.45) is 9.94. The first kappa shape index (κ1) is 16.9. The molecule has 0 aliphatic carbocycles. The van der Waals surface area contributed by atoms with Crippen LogP contribution in [0, 0.1) is 0 Å². The molecule has 4 heterocycles. The number of rotatable bonds is 4. The molecule has 4 aromatic rings. The number of fused-ring (bicyclic) bond motifs is 1. The Morgan fingerprint density at radius 3 is 2.71 bits per heavy atom. The average Bonchev–Trinajstić information content (AvgIpc) is 3.22. The predicted molar refractivity (Wildman–Crippen MR) is 109 cm³/mol. The van der Waals surface area contributed by atoms with Crippen LogP contribution in [0.15, 0.2) is 67.3 Å². The van der Waals surface area contributed by atoms with Gasteiger partial charge in [-0.25, -0.2) is 9.97 Å². The SMILES string of the molecule is c1ccc(Cn2ccnc2[C@H]2CCCN(c3cnc4ccccc4n3)C2)nc1. The van der Waals surface area contributed by atoms with Gasteiger partial charge in [-0.2, -0.15) is 0 Å². The van der Waals surface area contributed by atoms with Crippen molar-refractivity contribution in [2.24, 2.45) is 0 Å². The molecule has 0 N–H and O–H groups in total. The zero-order chi connectivity index (χ0) is 18.8. The van der Waals surface area contributed by atoms with Crippen LogP contribution in [0.1, 0.15) is 30.3 Å². The fraction of sp³-hybridized carbons (Fsp3) is 0.273. The van der Waals surface area contributed by atoms with E-state index >= 15 is 0 Å². The normalized spacial score (nSPS) is 17.1. The zero-order valence-electron chi connectivity index (χ0n) is 15.6. The standard InChI is InChI=1S/C22H22N6/c1-2-9-20-19(8-1)25-14-21(26-20)27-12-5-6-17(15-27)22-24-11-13-28(22)16-18-7-3-4-10-23-18/h1-4,7-11,13-14,17H,5-6,12,15-16H2/t17-/m0/s1. The molecular weight excluding hydrogens is 348 g/mol. The molecule has 0 saturated carbocycles. The van der Waals surface area contributed by atoms with Gasteiger partial charge in [-0.15, -0.1) is 0 Å². The quantitative estimate of drug-likeness (QED) is 0.549. The monoisotopic (exact) mass is 370 g/mol. The molecule has 0 bridgehead atoms. The largest absolute Gasteiger partial charge is 0.355 e. The number of imidazole rings is 1. The van der Waals surface area contributed by atoms with Crippen molar-refractivity contribution in [2.75, 3.05) is 18.0 Å². The van der Waals surface area contributed by atoms with Gasteiger partial charge in [0.2, 0.25) is 0 Å². The lowest BCUT2D eigenvalue weighted by atomic mass is 9.97. The summed E-state index contributed by atoms with van der Waals surface area (Å²) in [6, 6.07) is 14.1. The van der Waals surface area contributed by atoms with E-state index in [4.69, 9.17) is 4.98 Å². The van der Waals surface area contributed by atoms with Gasteiger partial charge in [-0.1, -0.05) is 18.2 Å². The third kappa shape index (κ3) is 3.33. The van der Waals surface area contributed by atoms with Crippen LogP contribution in [-0.2, 0) is 6.54 Å². The minimum atomic E-state index is 0.376. The Bertz CT molecular complexity index is 1070. The summed E-state index contributed by atoms with van der Waals surface area (Å²) in [6.45, 7) is 2.67. The first-order valence-corrected chi connectivity index (χ1v) is 9.74. The fourth-order valence-electron chi connectivity index (χ4n) is 3.98. The van der Waals surface area contributed by atoms with E-state index < -0.39 is 0 Å². The van der Waals surface area contributed by atoms with E-state index in [9.17, 15) is 0 Å². The Morgan fingerprint density at radius 2 is 1.82 bits per heavy atom. The highest BCUT2D eigenvalue weighted by atomic mass is 15.2. The Hall–Kier alpha value is -3.28. The highest BCUT2D eigenvalue weighted by Gasteiger charge is 2.26. The molecule has 0 unspecified atom stereocenters. The number of piperidine rings is 1. The van der Waals surface area contributed by atoms with Crippen molar-refractivity contribution in [2.45, 2.75) is 25.3 Å². The van der Waals surface area contributed by atoms with Gasteiger partial charge in [0.1, 0.15) is 11.6 Å².